The van der Waals surface area contributed by atoms with Crippen LogP contribution in [0.25, 0.3) is 10.9 Å². The zero-order valence-corrected chi connectivity index (χ0v) is 15.9. The number of H-pyrrole nitrogens is 1. The van der Waals surface area contributed by atoms with Crippen molar-refractivity contribution >= 4 is 32.7 Å². The van der Waals surface area contributed by atoms with Crippen LogP contribution >= 0.6 is 0 Å². The molecule has 0 aliphatic heterocycles. The Hall–Kier alpha value is -2.97. The molecule has 0 aliphatic rings. The van der Waals surface area contributed by atoms with E-state index in [1.54, 1.807) is 49.4 Å². The summed E-state index contributed by atoms with van der Waals surface area (Å²) in [6.45, 7) is 1.76. The first-order chi connectivity index (χ1) is 12.7. The van der Waals surface area contributed by atoms with Gasteiger partial charge in [0.25, 0.3) is 5.91 Å². The minimum Gasteiger partial charge on any atom is -0.322 e. The Labute approximate surface area is 157 Å². The van der Waals surface area contributed by atoms with E-state index in [2.05, 4.69) is 4.98 Å². The molecular formula is C19H19N3O4S. The largest absolute Gasteiger partial charge is 0.322 e. The molecule has 0 saturated heterocycles. The van der Waals surface area contributed by atoms with Crippen LogP contribution in [-0.2, 0) is 10.2 Å². The number of fused-ring (bicyclic) bond motifs is 1. The lowest BCUT2D eigenvalue weighted by molar-refractivity contribution is 0.100. The minimum atomic E-state index is -4.08. The molecule has 3 aromatic rings. The molecule has 2 aromatic carbocycles. The lowest BCUT2D eigenvalue weighted by Gasteiger charge is -2.26. The van der Waals surface area contributed by atoms with Crippen molar-refractivity contribution < 1.29 is 13.2 Å². The van der Waals surface area contributed by atoms with Crippen molar-refractivity contribution in [1.82, 2.24) is 9.29 Å². The van der Waals surface area contributed by atoms with Gasteiger partial charge < -0.3 is 4.98 Å². The van der Waals surface area contributed by atoms with Gasteiger partial charge in [0.2, 0.25) is 5.56 Å². The molecule has 1 amide bonds. The van der Waals surface area contributed by atoms with Crippen molar-refractivity contribution in [3.05, 3.63) is 76.1 Å². The molecule has 0 radical (unpaired) electrons. The summed E-state index contributed by atoms with van der Waals surface area (Å²) in [6.07, 6.45) is 0. The van der Waals surface area contributed by atoms with Gasteiger partial charge in [0.15, 0.2) is 0 Å². The van der Waals surface area contributed by atoms with Gasteiger partial charge in [-0.3, -0.25) is 9.59 Å². The first-order valence-electron chi connectivity index (χ1n) is 8.17. The number of aromatic amines is 1. The van der Waals surface area contributed by atoms with Crippen LogP contribution in [-0.4, -0.2) is 37.7 Å². The molecule has 0 bridgehead atoms. The predicted molar refractivity (Wildman–Crippen MR) is 105 cm³/mol. The number of nitrogens with one attached hydrogen (secondary N) is 1. The van der Waals surface area contributed by atoms with Gasteiger partial charge in [-0.1, -0.05) is 18.2 Å². The number of hydrogen-bond acceptors (Lipinski definition) is 4. The fourth-order valence-corrected chi connectivity index (χ4v) is 3.78. The molecule has 3 rings (SSSR count). The molecule has 1 N–H and O–H groups in total. The third-order valence-corrected chi connectivity index (χ3v) is 5.93. The molecule has 140 valence electrons. The lowest BCUT2D eigenvalue weighted by atomic mass is 10.1. The Bertz CT molecular complexity index is 1170. The van der Waals surface area contributed by atoms with E-state index in [1.165, 1.54) is 26.2 Å². The number of nitrogens with zero attached hydrogens (tertiary/aromatic N) is 2. The Kier molecular flexibility index (Phi) is 4.86. The van der Waals surface area contributed by atoms with Crippen molar-refractivity contribution in [3.63, 3.8) is 0 Å². The minimum absolute atomic E-state index is 0.195. The number of hydrogen-bond donors (Lipinski definition) is 1. The van der Waals surface area contributed by atoms with Crippen LogP contribution < -0.4 is 9.86 Å². The summed E-state index contributed by atoms with van der Waals surface area (Å²) < 4.78 is 27.5. The van der Waals surface area contributed by atoms with Crippen LogP contribution in [0.15, 0.2) is 59.4 Å². The molecule has 0 unspecified atom stereocenters. The fourth-order valence-electron chi connectivity index (χ4n) is 2.75. The number of carbonyl (C=O) groups is 1. The highest BCUT2D eigenvalue weighted by atomic mass is 32.2. The number of aromatic nitrogens is 1. The second-order valence-corrected chi connectivity index (χ2v) is 8.26. The number of benzene rings is 2. The second kappa shape index (κ2) is 6.98. The van der Waals surface area contributed by atoms with E-state index in [-0.39, 0.29) is 16.8 Å². The molecule has 0 spiro atoms. The smallest absolute Gasteiger partial charge is 0.310 e. The van der Waals surface area contributed by atoms with Gasteiger partial charge in [0, 0.05) is 36.6 Å². The normalized spacial score (nSPS) is 11.7. The summed E-state index contributed by atoms with van der Waals surface area (Å²) in [5.41, 5.74) is 1.45. The van der Waals surface area contributed by atoms with Crippen LogP contribution in [0.5, 0.6) is 0 Å². The molecule has 1 aromatic heterocycles. The third kappa shape index (κ3) is 3.49. The van der Waals surface area contributed by atoms with Crippen LogP contribution in [0.1, 0.15) is 15.9 Å². The molecule has 1 heterocycles. The van der Waals surface area contributed by atoms with Crippen LogP contribution in [0.2, 0.25) is 0 Å². The van der Waals surface area contributed by atoms with Crippen molar-refractivity contribution in [3.8, 4) is 0 Å². The van der Waals surface area contributed by atoms with E-state index in [1.807, 2.05) is 0 Å². The number of pyridine rings is 1. The van der Waals surface area contributed by atoms with E-state index in [0.717, 1.165) is 8.61 Å². The Morgan fingerprint density at radius 2 is 1.67 bits per heavy atom. The average molecular weight is 385 g/mol. The second-order valence-electron chi connectivity index (χ2n) is 6.27. The maximum Gasteiger partial charge on any atom is 0.310 e. The molecule has 0 aliphatic carbocycles. The van der Waals surface area contributed by atoms with E-state index < -0.39 is 16.1 Å². The topological polar surface area (TPSA) is 90.5 Å². The van der Waals surface area contributed by atoms with Gasteiger partial charge in [0.05, 0.1) is 5.69 Å². The first kappa shape index (κ1) is 18.8. The van der Waals surface area contributed by atoms with Crippen molar-refractivity contribution in [1.29, 1.82) is 0 Å². The van der Waals surface area contributed by atoms with Crippen molar-refractivity contribution in [2.24, 2.45) is 0 Å². The summed E-state index contributed by atoms with van der Waals surface area (Å²) in [5, 5.41) is 0.659. The fraction of sp³-hybridized carbons (Fsp3) is 0.158. The van der Waals surface area contributed by atoms with E-state index in [4.69, 9.17) is 0 Å². The highest BCUT2D eigenvalue weighted by Gasteiger charge is 2.32. The number of aryl methyl sites for hydroxylation is 1. The molecule has 27 heavy (non-hydrogen) atoms. The van der Waals surface area contributed by atoms with E-state index >= 15 is 0 Å². The number of amides is 1. The molecule has 0 fully saturated rings. The molecule has 8 heteroatoms. The zero-order valence-electron chi connectivity index (χ0n) is 15.1. The Morgan fingerprint density at radius 1 is 1.00 bits per heavy atom. The van der Waals surface area contributed by atoms with E-state index in [9.17, 15) is 18.0 Å². The standard InChI is InChI=1S/C19H19N3O4S/c1-13-11-18(23)20-17-10-9-15(12-16(13)17)22(27(25,26)21(2)3)19(24)14-7-5-4-6-8-14/h4-12H,1-3H3,(H,20,23). The van der Waals surface area contributed by atoms with Crippen molar-refractivity contribution in [2.45, 2.75) is 6.92 Å². The molecule has 0 atom stereocenters. The van der Waals surface area contributed by atoms with Gasteiger partial charge in [-0.15, -0.1) is 0 Å². The third-order valence-electron chi connectivity index (χ3n) is 4.17. The first-order valence-corrected chi connectivity index (χ1v) is 9.57. The molecular weight excluding hydrogens is 366 g/mol. The lowest BCUT2D eigenvalue weighted by Crippen LogP contribution is -2.44. The van der Waals surface area contributed by atoms with Gasteiger partial charge in [0.1, 0.15) is 0 Å². The number of anilines is 1. The highest BCUT2D eigenvalue weighted by Crippen LogP contribution is 2.27. The SMILES string of the molecule is Cc1cc(=O)[nH]c2ccc(N(C(=O)c3ccccc3)S(=O)(=O)N(C)C)cc12. The van der Waals surface area contributed by atoms with Gasteiger partial charge in [-0.25, -0.2) is 0 Å². The highest BCUT2D eigenvalue weighted by molar-refractivity contribution is 7.91. The maximum absolute atomic E-state index is 13.0. The Balaban J connectivity index is 2.24. The predicted octanol–water partition coefficient (Wildman–Crippen LogP) is 2.29. The van der Waals surface area contributed by atoms with Crippen LogP contribution in [0.3, 0.4) is 0 Å². The van der Waals surface area contributed by atoms with Crippen LogP contribution in [0.4, 0.5) is 5.69 Å². The zero-order chi connectivity index (χ0) is 19.8. The van der Waals surface area contributed by atoms with Crippen molar-refractivity contribution in [2.75, 3.05) is 18.4 Å². The summed E-state index contributed by atoms with van der Waals surface area (Å²) in [7, 11) is -1.35. The number of rotatable bonds is 4. The van der Waals surface area contributed by atoms with Gasteiger partial charge >= 0.3 is 10.2 Å². The summed E-state index contributed by atoms with van der Waals surface area (Å²) >= 11 is 0. The summed E-state index contributed by atoms with van der Waals surface area (Å²) in [4.78, 5) is 27.4. The summed E-state index contributed by atoms with van der Waals surface area (Å²) in [5.74, 6) is -0.661. The van der Waals surface area contributed by atoms with Gasteiger partial charge in [-0.2, -0.15) is 17.0 Å². The number of carbonyl (C=O) groups excluding carboxylic acids is 1. The summed E-state index contributed by atoms with van der Waals surface area (Å²) in [6, 6.07) is 14.3. The van der Waals surface area contributed by atoms with E-state index in [0.29, 0.717) is 16.5 Å². The molecule has 0 saturated carbocycles. The molecule has 7 nitrogen and oxygen atoms in total. The quantitative estimate of drug-likeness (QED) is 0.746. The maximum atomic E-state index is 13.0. The monoisotopic (exact) mass is 385 g/mol. The van der Waals surface area contributed by atoms with Crippen LogP contribution in [0, 0.1) is 6.92 Å². The average Bonchev–Trinajstić information content (AvgIpc) is 2.62. The Morgan fingerprint density at radius 3 is 2.30 bits per heavy atom. The van der Waals surface area contributed by atoms with Gasteiger partial charge in [-0.05, 0) is 42.8 Å².